The van der Waals surface area contributed by atoms with Crippen molar-refractivity contribution in [2.45, 2.75) is 19.4 Å². The first-order valence-electron chi connectivity index (χ1n) is 10.3. The van der Waals surface area contributed by atoms with Gasteiger partial charge in [0.05, 0.1) is 12.2 Å². The molecule has 2 aromatic rings. The molecule has 0 spiro atoms. The van der Waals surface area contributed by atoms with Crippen LogP contribution in [0.15, 0.2) is 54.9 Å². The number of esters is 1. The minimum Gasteiger partial charge on any atom is -0.463 e. The maximum Gasteiger partial charge on any atom is 0.338 e. The monoisotopic (exact) mass is 569 g/mol. The standard InChI is InChI=1S/C21H21BrFN5O4S2/c1-3-32-21(29)17-16-8-12(10-26-34(30,31)24-2)11-28(16)19(20-25-6-7-33-20)27-18(17)14-5-4-13(23)9-15(14)22/h4-7,9-10,12,18,24H,3,8,11H2,1-2H3/t12?,18-/m0/s1. The average Bonchev–Trinajstić information content (AvgIpc) is 3.47. The van der Waals surface area contributed by atoms with Gasteiger partial charge in [0, 0.05) is 47.5 Å². The van der Waals surface area contributed by atoms with Gasteiger partial charge in [-0.3, -0.25) is 4.99 Å². The molecule has 2 aliphatic heterocycles. The SMILES string of the molecule is CCOC(=O)C1=C2CC(C=NS(=O)(=O)NC)CN2C(c2nccs2)=N[C@H]1c1ccc(F)cc1Br. The zero-order valence-electron chi connectivity index (χ0n) is 18.2. The molecule has 1 aromatic heterocycles. The number of allylic oxidation sites excluding steroid dienone is 1. The first kappa shape index (κ1) is 24.6. The van der Waals surface area contributed by atoms with Crippen LogP contribution in [0.25, 0.3) is 0 Å². The van der Waals surface area contributed by atoms with E-state index in [0.29, 0.717) is 45.1 Å². The lowest BCUT2D eigenvalue weighted by molar-refractivity contribution is -0.139. The molecule has 0 aliphatic carbocycles. The van der Waals surface area contributed by atoms with Gasteiger partial charge in [0.25, 0.3) is 0 Å². The highest BCUT2D eigenvalue weighted by Gasteiger charge is 2.42. The van der Waals surface area contributed by atoms with E-state index in [1.54, 1.807) is 19.2 Å². The molecule has 2 atom stereocenters. The number of halogens is 2. The Morgan fingerprint density at radius 2 is 2.26 bits per heavy atom. The second-order valence-electron chi connectivity index (χ2n) is 7.45. The molecule has 1 saturated heterocycles. The molecule has 1 fully saturated rings. The van der Waals surface area contributed by atoms with E-state index in [9.17, 15) is 17.6 Å². The van der Waals surface area contributed by atoms with Gasteiger partial charge in [-0.25, -0.2) is 14.2 Å². The van der Waals surface area contributed by atoms with Gasteiger partial charge in [-0.1, -0.05) is 22.0 Å². The Morgan fingerprint density at radius 1 is 1.47 bits per heavy atom. The Bertz CT molecular complexity index is 1290. The summed E-state index contributed by atoms with van der Waals surface area (Å²) in [6.45, 7) is 2.24. The van der Waals surface area contributed by atoms with Gasteiger partial charge < -0.3 is 9.64 Å². The third-order valence-electron chi connectivity index (χ3n) is 5.33. The fourth-order valence-electron chi connectivity index (χ4n) is 3.86. The number of rotatable bonds is 7. The normalized spacial score (nSPS) is 20.6. The highest BCUT2D eigenvalue weighted by Crippen LogP contribution is 2.43. The van der Waals surface area contributed by atoms with Crippen LogP contribution in [0.2, 0.25) is 0 Å². The second-order valence-corrected chi connectivity index (χ2v) is 10.8. The third kappa shape index (κ3) is 4.97. The van der Waals surface area contributed by atoms with Crippen LogP contribution in [-0.4, -0.2) is 56.5 Å². The molecular formula is C21H21BrFN5O4S2. The lowest BCUT2D eigenvalue weighted by Crippen LogP contribution is -2.35. The number of amidine groups is 1. The Morgan fingerprint density at radius 3 is 2.91 bits per heavy atom. The van der Waals surface area contributed by atoms with Crippen LogP contribution >= 0.6 is 27.3 Å². The first-order valence-corrected chi connectivity index (χ1v) is 13.4. The lowest BCUT2D eigenvalue weighted by atomic mass is 9.94. The number of fused-ring (bicyclic) bond motifs is 1. The van der Waals surface area contributed by atoms with Gasteiger partial charge >= 0.3 is 16.2 Å². The molecule has 9 nitrogen and oxygen atoms in total. The first-order chi connectivity index (χ1) is 16.2. The minimum absolute atomic E-state index is 0.168. The van der Waals surface area contributed by atoms with Crippen molar-refractivity contribution in [3.05, 3.63) is 61.9 Å². The van der Waals surface area contributed by atoms with Gasteiger partial charge in [0.15, 0.2) is 10.8 Å². The predicted molar refractivity (Wildman–Crippen MR) is 130 cm³/mol. The largest absolute Gasteiger partial charge is 0.463 e. The van der Waals surface area contributed by atoms with Crippen LogP contribution in [-0.2, 0) is 19.7 Å². The summed E-state index contributed by atoms with van der Waals surface area (Å²) in [6.07, 6.45) is 3.36. The van der Waals surface area contributed by atoms with Crippen molar-refractivity contribution in [2.24, 2.45) is 15.3 Å². The molecule has 1 N–H and O–H groups in total. The van der Waals surface area contributed by atoms with Crippen LogP contribution in [0.4, 0.5) is 4.39 Å². The summed E-state index contributed by atoms with van der Waals surface area (Å²) in [4.78, 5) is 24.3. The molecule has 0 saturated carbocycles. The van der Waals surface area contributed by atoms with Gasteiger partial charge in [0.1, 0.15) is 11.9 Å². The lowest BCUT2D eigenvalue weighted by Gasteiger charge is -2.31. The number of aliphatic imine (C=N–C) groups is 1. The summed E-state index contributed by atoms with van der Waals surface area (Å²) in [6, 6.07) is 3.44. The summed E-state index contributed by atoms with van der Waals surface area (Å²) in [5, 5.41) is 2.46. The smallest absolute Gasteiger partial charge is 0.338 e. The second kappa shape index (κ2) is 10.0. The number of hydrogen-bond acceptors (Lipinski definition) is 8. The van der Waals surface area contributed by atoms with E-state index >= 15 is 0 Å². The molecule has 34 heavy (non-hydrogen) atoms. The number of nitrogens with one attached hydrogen (secondary N) is 1. The highest BCUT2D eigenvalue weighted by atomic mass is 79.9. The van der Waals surface area contributed by atoms with E-state index in [2.05, 4.69) is 30.0 Å². The van der Waals surface area contributed by atoms with Crippen LogP contribution in [0.5, 0.6) is 0 Å². The highest BCUT2D eigenvalue weighted by molar-refractivity contribution is 9.10. The number of hydrogen-bond donors (Lipinski definition) is 1. The van der Waals surface area contributed by atoms with E-state index in [1.165, 1.54) is 36.7 Å². The van der Waals surface area contributed by atoms with E-state index in [4.69, 9.17) is 9.73 Å². The van der Waals surface area contributed by atoms with Crippen molar-refractivity contribution in [1.29, 1.82) is 0 Å². The van der Waals surface area contributed by atoms with Crippen molar-refractivity contribution < 1.29 is 22.3 Å². The number of aromatic nitrogens is 1. The number of benzene rings is 1. The fraction of sp³-hybridized carbons (Fsp3) is 0.333. The van der Waals surface area contributed by atoms with Crippen LogP contribution < -0.4 is 4.72 Å². The number of carbonyl (C=O) groups is 1. The van der Waals surface area contributed by atoms with Gasteiger partial charge in [-0.2, -0.15) is 17.5 Å². The third-order valence-corrected chi connectivity index (χ3v) is 7.71. The van der Waals surface area contributed by atoms with Gasteiger partial charge in [0.2, 0.25) is 0 Å². The maximum atomic E-state index is 13.8. The van der Waals surface area contributed by atoms with E-state index in [1.807, 2.05) is 10.3 Å². The zero-order chi connectivity index (χ0) is 24.5. The molecule has 1 aromatic carbocycles. The van der Waals surface area contributed by atoms with Crippen molar-refractivity contribution in [3.8, 4) is 0 Å². The molecule has 0 bridgehead atoms. The van der Waals surface area contributed by atoms with E-state index < -0.39 is 28.0 Å². The summed E-state index contributed by atoms with van der Waals surface area (Å²) < 4.78 is 49.1. The molecule has 3 heterocycles. The van der Waals surface area contributed by atoms with Crippen molar-refractivity contribution >= 4 is 55.5 Å². The molecular weight excluding hydrogens is 549 g/mol. The number of thiazole rings is 1. The van der Waals surface area contributed by atoms with Crippen molar-refractivity contribution in [2.75, 3.05) is 20.2 Å². The van der Waals surface area contributed by atoms with Gasteiger partial charge in [-0.05, 0) is 31.0 Å². The fourth-order valence-corrected chi connectivity index (χ4v) is 5.51. The maximum absolute atomic E-state index is 13.8. The van der Waals surface area contributed by atoms with E-state index in [-0.39, 0.29) is 12.5 Å². The summed E-state index contributed by atoms with van der Waals surface area (Å²) >= 11 is 4.79. The van der Waals surface area contributed by atoms with Crippen LogP contribution in [0, 0.1) is 11.7 Å². The number of ether oxygens (including phenoxy) is 1. The molecule has 2 aliphatic rings. The van der Waals surface area contributed by atoms with E-state index in [0.717, 1.165) is 0 Å². The number of nitrogens with zero attached hydrogens (tertiary/aromatic N) is 4. The van der Waals surface area contributed by atoms with Crippen LogP contribution in [0.1, 0.15) is 30.0 Å². The summed E-state index contributed by atoms with van der Waals surface area (Å²) in [5.74, 6) is -0.716. The summed E-state index contributed by atoms with van der Waals surface area (Å²) in [5.41, 5.74) is 1.57. The quantitative estimate of drug-likeness (QED) is 0.404. The molecule has 0 radical (unpaired) electrons. The Kier molecular flexibility index (Phi) is 7.26. The Hall–Kier alpha value is -2.48. The minimum atomic E-state index is -3.79. The van der Waals surface area contributed by atoms with Crippen molar-refractivity contribution in [3.63, 3.8) is 0 Å². The number of carbonyl (C=O) groups excluding carboxylic acids is 1. The summed E-state index contributed by atoms with van der Waals surface area (Å²) in [7, 11) is -2.51. The molecule has 1 unspecified atom stereocenters. The Balaban J connectivity index is 1.86. The Labute approximate surface area is 208 Å². The van der Waals surface area contributed by atoms with Crippen LogP contribution in [0.3, 0.4) is 0 Å². The molecule has 0 amide bonds. The molecule has 180 valence electrons. The molecule has 4 rings (SSSR count). The average molecular weight is 570 g/mol. The topological polar surface area (TPSA) is 113 Å². The van der Waals surface area contributed by atoms with Crippen molar-refractivity contribution in [1.82, 2.24) is 14.6 Å². The predicted octanol–water partition coefficient (Wildman–Crippen LogP) is 3.22. The zero-order valence-corrected chi connectivity index (χ0v) is 21.5. The van der Waals surface area contributed by atoms with Gasteiger partial charge in [-0.15, -0.1) is 11.3 Å². The molecule has 13 heteroatoms.